The molecule has 0 fully saturated rings. The number of benzene rings is 3. The van der Waals surface area contributed by atoms with Gasteiger partial charge in [0.2, 0.25) is 0 Å². The molecule has 3 aromatic carbocycles. The van der Waals surface area contributed by atoms with Gasteiger partial charge in [-0.1, -0.05) is 74.5 Å². The molecule has 0 aromatic heterocycles. The van der Waals surface area contributed by atoms with Crippen LogP contribution in [0, 0.1) is 0 Å². The van der Waals surface area contributed by atoms with E-state index in [2.05, 4.69) is 54.5 Å². The Hall–Kier alpha value is -3.25. The summed E-state index contributed by atoms with van der Waals surface area (Å²) in [4.78, 5) is 0. The van der Waals surface area contributed by atoms with Crippen LogP contribution in [0.2, 0.25) is 0 Å². The number of rotatable bonds is 13. The van der Waals surface area contributed by atoms with Crippen LogP contribution in [0.15, 0.2) is 85.1 Å². The first kappa shape index (κ1) is 28.3. The van der Waals surface area contributed by atoms with Crippen LogP contribution in [0.1, 0.15) is 69.4 Å². The summed E-state index contributed by atoms with van der Waals surface area (Å²) in [6.45, 7) is 8.93. The van der Waals surface area contributed by atoms with E-state index < -0.39 is 11.7 Å². The number of halogens is 3. The standard InChI is InChI=1S/C31H37F3N2O.2H2/c1-5-10-24-16-17-26(21-29(24)37-6-2)28(20-15-23-13-18-27(19-14-23)31(32,33)34)36-30(22(3)35-4)25-11-8-7-9-12-25;;/h7-9,11-14,16-19,21,28,30,35-36H,3,5-6,10,15,20H2,1-2,4H3;2*1H/t28-,30-;;/m0../s1. The Morgan fingerprint density at radius 1 is 0.946 bits per heavy atom. The highest BCUT2D eigenvalue weighted by Gasteiger charge is 2.30. The Morgan fingerprint density at radius 3 is 2.24 bits per heavy atom. The van der Waals surface area contributed by atoms with E-state index in [1.807, 2.05) is 32.2 Å². The third-order valence-corrected chi connectivity index (χ3v) is 6.49. The average Bonchev–Trinajstić information content (AvgIpc) is 2.90. The van der Waals surface area contributed by atoms with Gasteiger partial charge in [0, 0.05) is 21.6 Å². The quantitative estimate of drug-likeness (QED) is 0.241. The van der Waals surface area contributed by atoms with Gasteiger partial charge in [0.1, 0.15) is 5.75 Å². The van der Waals surface area contributed by atoms with E-state index >= 15 is 0 Å². The van der Waals surface area contributed by atoms with Crippen LogP contribution in [-0.2, 0) is 19.0 Å². The largest absolute Gasteiger partial charge is 0.494 e. The van der Waals surface area contributed by atoms with Gasteiger partial charge < -0.3 is 10.1 Å². The van der Waals surface area contributed by atoms with E-state index in [0.717, 1.165) is 53.1 Å². The molecule has 2 atom stereocenters. The van der Waals surface area contributed by atoms with Gasteiger partial charge in [0.25, 0.3) is 0 Å². The number of ether oxygens (including phenoxy) is 1. The first-order chi connectivity index (χ1) is 17.8. The van der Waals surface area contributed by atoms with E-state index in [1.54, 1.807) is 12.1 Å². The van der Waals surface area contributed by atoms with Gasteiger partial charge in [-0.05, 0) is 66.6 Å². The molecule has 0 spiro atoms. The van der Waals surface area contributed by atoms with Crippen molar-refractivity contribution in [3.63, 3.8) is 0 Å². The molecule has 3 rings (SSSR count). The molecule has 0 aliphatic heterocycles. The lowest BCUT2D eigenvalue weighted by Gasteiger charge is -2.29. The molecule has 2 N–H and O–H groups in total. The van der Waals surface area contributed by atoms with Crippen molar-refractivity contribution >= 4 is 0 Å². The Balaban J connectivity index is 0.00000380. The Kier molecular flexibility index (Phi) is 10.2. The van der Waals surface area contributed by atoms with E-state index in [0.29, 0.717) is 19.4 Å². The zero-order chi connectivity index (χ0) is 26.8. The number of alkyl halides is 3. The van der Waals surface area contributed by atoms with Crippen molar-refractivity contribution in [1.82, 2.24) is 10.6 Å². The molecule has 0 heterocycles. The van der Waals surface area contributed by atoms with Gasteiger partial charge in [-0.3, -0.25) is 5.32 Å². The zero-order valence-electron chi connectivity index (χ0n) is 21.9. The maximum atomic E-state index is 13.0. The SMILES string of the molecule is C=C(NC)[C@H](N[C@@H](CCc1ccc(C(F)(F)F)cc1)c1ccc(CCC)c(OCC)c1)c1ccccc1.[HH].[HH]. The minimum Gasteiger partial charge on any atom is -0.494 e. The van der Waals surface area contributed by atoms with E-state index in [-0.39, 0.29) is 14.9 Å². The van der Waals surface area contributed by atoms with Crippen LogP contribution in [-0.4, -0.2) is 13.7 Å². The number of likely N-dealkylation sites (N-methyl/N-ethyl adjacent to an activating group) is 1. The third-order valence-electron chi connectivity index (χ3n) is 6.49. The van der Waals surface area contributed by atoms with Crippen molar-refractivity contribution in [3.8, 4) is 5.75 Å². The number of hydrogen-bond donors (Lipinski definition) is 2. The van der Waals surface area contributed by atoms with E-state index in [9.17, 15) is 13.2 Å². The van der Waals surface area contributed by atoms with Crippen molar-refractivity contribution < 1.29 is 20.8 Å². The molecule has 202 valence electrons. The Labute approximate surface area is 221 Å². The van der Waals surface area contributed by atoms with Crippen LogP contribution < -0.4 is 15.4 Å². The van der Waals surface area contributed by atoms with Crippen molar-refractivity contribution in [2.24, 2.45) is 0 Å². The minimum absolute atomic E-state index is 0. The van der Waals surface area contributed by atoms with Gasteiger partial charge in [-0.2, -0.15) is 13.2 Å². The predicted molar refractivity (Wildman–Crippen MR) is 149 cm³/mol. The van der Waals surface area contributed by atoms with Crippen molar-refractivity contribution in [1.29, 1.82) is 0 Å². The zero-order valence-corrected chi connectivity index (χ0v) is 21.9. The topological polar surface area (TPSA) is 33.3 Å². The van der Waals surface area contributed by atoms with E-state index in [1.165, 1.54) is 5.56 Å². The Bertz CT molecular complexity index is 1140. The van der Waals surface area contributed by atoms with Crippen LogP contribution in [0.3, 0.4) is 0 Å². The fourth-order valence-electron chi connectivity index (χ4n) is 4.46. The number of nitrogens with one attached hydrogen (secondary N) is 2. The smallest absolute Gasteiger partial charge is 0.416 e. The molecule has 0 amide bonds. The lowest BCUT2D eigenvalue weighted by molar-refractivity contribution is -0.137. The second kappa shape index (κ2) is 13.3. The summed E-state index contributed by atoms with van der Waals surface area (Å²) < 4.78 is 45.0. The molecule has 3 nitrogen and oxygen atoms in total. The minimum atomic E-state index is -4.34. The first-order valence-corrected chi connectivity index (χ1v) is 12.9. The first-order valence-electron chi connectivity index (χ1n) is 12.9. The summed E-state index contributed by atoms with van der Waals surface area (Å²) in [5.74, 6) is 0.881. The van der Waals surface area contributed by atoms with E-state index in [4.69, 9.17) is 4.74 Å². The number of hydrogen-bond acceptors (Lipinski definition) is 3. The van der Waals surface area contributed by atoms with Crippen molar-refractivity contribution in [2.45, 2.75) is 57.8 Å². The van der Waals surface area contributed by atoms with Gasteiger partial charge in [-0.15, -0.1) is 0 Å². The lowest BCUT2D eigenvalue weighted by atomic mass is 9.94. The second-order valence-electron chi connectivity index (χ2n) is 9.12. The molecule has 0 aliphatic rings. The molecule has 37 heavy (non-hydrogen) atoms. The highest BCUT2D eigenvalue weighted by Crippen LogP contribution is 2.32. The van der Waals surface area contributed by atoms with Crippen LogP contribution in [0.4, 0.5) is 13.2 Å². The monoisotopic (exact) mass is 514 g/mol. The summed E-state index contributed by atoms with van der Waals surface area (Å²) in [6, 6.07) is 21.6. The maximum Gasteiger partial charge on any atom is 0.416 e. The van der Waals surface area contributed by atoms with Crippen molar-refractivity contribution in [3.05, 3.63) is 113 Å². The molecule has 3 aromatic rings. The molecule has 0 saturated heterocycles. The number of aryl methyl sites for hydroxylation is 2. The second-order valence-corrected chi connectivity index (χ2v) is 9.12. The fourth-order valence-corrected chi connectivity index (χ4v) is 4.46. The molecule has 0 unspecified atom stereocenters. The van der Waals surface area contributed by atoms with Gasteiger partial charge >= 0.3 is 6.18 Å². The maximum absolute atomic E-state index is 13.0. The average molecular weight is 515 g/mol. The molecule has 0 bridgehead atoms. The lowest BCUT2D eigenvalue weighted by Crippen LogP contribution is -2.31. The molecule has 6 heteroatoms. The highest BCUT2D eigenvalue weighted by molar-refractivity contribution is 5.40. The van der Waals surface area contributed by atoms with Gasteiger partial charge in [0.15, 0.2) is 0 Å². The Morgan fingerprint density at radius 2 is 1.65 bits per heavy atom. The summed E-state index contributed by atoms with van der Waals surface area (Å²) >= 11 is 0. The molecule has 0 aliphatic carbocycles. The fraction of sp³-hybridized carbons (Fsp3) is 0.355. The van der Waals surface area contributed by atoms with Crippen LogP contribution in [0.5, 0.6) is 5.75 Å². The van der Waals surface area contributed by atoms with Crippen molar-refractivity contribution in [2.75, 3.05) is 13.7 Å². The summed E-state index contributed by atoms with van der Waals surface area (Å²) in [5.41, 5.74) is 4.38. The summed E-state index contributed by atoms with van der Waals surface area (Å²) in [6.07, 6.45) is -1.08. The predicted octanol–water partition coefficient (Wildman–Crippen LogP) is 8.29. The molecule has 0 radical (unpaired) electrons. The molecular weight excluding hydrogens is 473 g/mol. The van der Waals surface area contributed by atoms with Gasteiger partial charge in [0.05, 0.1) is 18.2 Å². The van der Waals surface area contributed by atoms with Gasteiger partial charge in [-0.25, -0.2) is 0 Å². The van der Waals surface area contributed by atoms with Crippen LogP contribution in [0.25, 0.3) is 0 Å². The molecule has 0 saturated carbocycles. The van der Waals surface area contributed by atoms with Crippen LogP contribution >= 0.6 is 0 Å². The normalized spacial score (nSPS) is 13.1. The highest BCUT2D eigenvalue weighted by atomic mass is 19.4. The third kappa shape index (κ3) is 7.86. The molecular formula is C31H41F3N2O. The summed E-state index contributed by atoms with van der Waals surface area (Å²) in [7, 11) is 1.85. The summed E-state index contributed by atoms with van der Waals surface area (Å²) in [5, 5.41) is 6.95.